The fraction of sp³-hybridized carbons (Fsp3) is 0.182. The Kier molecular flexibility index (Phi) is 1.91. The molecule has 2 heterocycles. The fourth-order valence-electron chi connectivity index (χ4n) is 1.98. The van der Waals surface area contributed by atoms with E-state index in [2.05, 4.69) is 4.98 Å². The molecule has 1 aliphatic heterocycles. The van der Waals surface area contributed by atoms with E-state index in [4.69, 9.17) is 4.74 Å². The average molecular weight is 231 g/mol. The van der Waals surface area contributed by atoms with E-state index in [9.17, 15) is 10.1 Å². The van der Waals surface area contributed by atoms with Gasteiger partial charge in [0.2, 0.25) is 0 Å². The Hall–Kier alpha value is -2.37. The maximum absolute atomic E-state index is 10.7. The van der Waals surface area contributed by atoms with Crippen LogP contribution < -0.4 is 4.74 Å². The summed E-state index contributed by atoms with van der Waals surface area (Å²) in [5.74, 6) is 1.33. The second-order valence-electron chi connectivity index (χ2n) is 3.85. The molecular weight excluding hydrogens is 222 g/mol. The Labute approximate surface area is 96.6 Å². The molecule has 6 heteroatoms. The monoisotopic (exact) mass is 231 g/mol. The third kappa shape index (κ3) is 1.37. The summed E-state index contributed by atoms with van der Waals surface area (Å²) >= 11 is 0. The lowest BCUT2D eigenvalue weighted by Crippen LogP contribution is -2.14. The molecule has 0 unspecified atom stereocenters. The molecule has 0 spiro atoms. The van der Waals surface area contributed by atoms with Crippen molar-refractivity contribution in [2.75, 3.05) is 0 Å². The maximum atomic E-state index is 10.7. The number of hydrogen-bond donors (Lipinski definition) is 0. The zero-order valence-electron chi connectivity index (χ0n) is 9.08. The first kappa shape index (κ1) is 9.83. The zero-order valence-corrected chi connectivity index (χ0v) is 9.08. The predicted octanol–water partition coefficient (Wildman–Crippen LogP) is 1.98. The molecule has 3 rings (SSSR count). The SMILES string of the molecule is Cc1cnc2n1-c1ccc([N+](=O)[O-])cc1OC2. The van der Waals surface area contributed by atoms with Crippen LogP contribution in [0.1, 0.15) is 11.5 Å². The normalized spacial score (nSPS) is 12.5. The van der Waals surface area contributed by atoms with Gasteiger partial charge >= 0.3 is 0 Å². The van der Waals surface area contributed by atoms with E-state index in [1.54, 1.807) is 12.3 Å². The van der Waals surface area contributed by atoms with Gasteiger partial charge in [0.05, 0.1) is 16.7 Å². The van der Waals surface area contributed by atoms with Gasteiger partial charge in [-0.1, -0.05) is 0 Å². The van der Waals surface area contributed by atoms with E-state index in [1.165, 1.54) is 12.1 Å². The molecule has 86 valence electrons. The number of aromatic nitrogens is 2. The lowest BCUT2D eigenvalue weighted by atomic mass is 10.2. The summed E-state index contributed by atoms with van der Waals surface area (Å²) in [6.45, 7) is 2.27. The van der Waals surface area contributed by atoms with Crippen LogP contribution in [0.3, 0.4) is 0 Å². The number of imidazole rings is 1. The van der Waals surface area contributed by atoms with E-state index in [0.717, 1.165) is 17.2 Å². The zero-order chi connectivity index (χ0) is 12.0. The van der Waals surface area contributed by atoms with Gasteiger partial charge in [-0.2, -0.15) is 0 Å². The number of aryl methyl sites for hydroxylation is 1. The van der Waals surface area contributed by atoms with Crippen LogP contribution in [0.15, 0.2) is 24.4 Å². The van der Waals surface area contributed by atoms with Gasteiger partial charge < -0.3 is 4.74 Å². The summed E-state index contributed by atoms with van der Waals surface area (Å²) in [6, 6.07) is 4.60. The van der Waals surface area contributed by atoms with Gasteiger partial charge in [-0.05, 0) is 13.0 Å². The number of fused-ring (bicyclic) bond motifs is 3. The van der Waals surface area contributed by atoms with Crippen molar-refractivity contribution in [2.45, 2.75) is 13.5 Å². The second kappa shape index (κ2) is 3.31. The predicted molar refractivity (Wildman–Crippen MR) is 59.3 cm³/mol. The molecule has 0 saturated heterocycles. The first-order valence-electron chi connectivity index (χ1n) is 5.11. The number of nitro benzene ring substituents is 1. The minimum atomic E-state index is -0.431. The molecule has 0 atom stereocenters. The highest BCUT2D eigenvalue weighted by atomic mass is 16.6. The molecule has 0 saturated carbocycles. The van der Waals surface area contributed by atoms with Gasteiger partial charge in [0.1, 0.15) is 6.61 Å². The highest BCUT2D eigenvalue weighted by Gasteiger charge is 2.21. The van der Waals surface area contributed by atoms with E-state index in [1.807, 2.05) is 11.5 Å². The molecule has 0 bridgehead atoms. The molecular formula is C11H9N3O3. The van der Waals surface area contributed by atoms with Crippen LogP contribution >= 0.6 is 0 Å². The minimum Gasteiger partial charge on any atom is -0.483 e. The molecule has 0 radical (unpaired) electrons. The van der Waals surface area contributed by atoms with Crippen LogP contribution in [0, 0.1) is 17.0 Å². The van der Waals surface area contributed by atoms with Gasteiger partial charge in [-0.25, -0.2) is 4.98 Å². The van der Waals surface area contributed by atoms with Gasteiger partial charge in [-0.15, -0.1) is 0 Å². The molecule has 1 aromatic carbocycles. The molecule has 6 nitrogen and oxygen atoms in total. The van der Waals surface area contributed by atoms with Crippen molar-refractivity contribution in [3.05, 3.63) is 46.0 Å². The number of hydrogen-bond acceptors (Lipinski definition) is 4. The number of non-ortho nitro benzene ring substituents is 1. The topological polar surface area (TPSA) is 70.2 Å². The van der Waals surface area contributed by atoms with E-state index in [0.29, 0.717) is 12.4 Å². The Bertz CT molecular complexity index is 618. The van der Waals surface area contributed by atoms with Gasteiger partial charge in [-0.3, -0.25) is 14.7 Å². The summed E-state index contributed by atoms with van der Waals surface area (Å²) in [4.78, 5) is 14.5. The van der Waals surface area contributed by atoms with Crippen molar-refractivity contribution in [1.29, 1.82) is 0 Å². The lowest BCUT2D eigenvalue weighted by Gasteiger charge is -2.20. The van der Waals surface area contributed by atoms with Crippen LogP contribution in [0.2, 0.25) is 0 Å². The van der Waals surface area contributed by atoms with Crippen LogP contribution in [-0.2, 0) is 6.61 Å². The highest BCUT2D eigenvalue weighted by Crippen LogP contribution is 2.33. The van der Waals surface area contributed by atoms with Crippen molar-refractivity contribution in [3.8, 4) is 11.4 Å². The number of nitro groups is 1. The van der Waals surface area contributed by atoms with Gasteiger partial charge in [0, 0.05) is 18.0 Å². The molecule has 1 aliphatic rings. The Morgan fingerprint density at radius 3 is 3.12 bits per heavy atom. The first-order valence-corrected chi connectivity index (χ1v) is 5.11. The number of rotatable bonds is 1. The molecule has 17 heavy (non-hydrogen) atoms. The molecule has 0 N–H and O–H groups in total. The summed E-state index contributed by atoms with van der Waals surface area (Å²) in [6.07, 6.45) is 1.76. The Morgan fingerprint density at radius 2 is 2.35 bits per heavy atom. The number of ether oxygens (including phenoxy) is 1. The van der Waals surface area contributed by atoms with E-state index >= 15 is 0 Å². The Morgan fingerprint density at radius 1 is 1.53 bits per heavy atom. The van der Waals surface area contributed by atoms with Crippen LogP contribution in [0.4, 0.5) is 5.69 Å². The van der Waals surface area contributed by atoms with Crippen molar-refractivity contribution in [3.63, 3.8) is 0 Å². The fourth-order valence-corrected chi connectivity index (χ4v) is 1.98. The second-order valence-corrected chi connectivity index (χ2v) is 3.85. The van der Waals surface area contributed by atoms with Crippen LogP contribution in [0.5, 0.6) is 5.75 Å². The molecule has 1 aromatic heterocycles. The largest absolute Gasteiger partial charge is 0.483 e. The van der Waals surface area contributed by atoms with E-state index < -0.39 is 4.92 Å². The maximum Gasteiger partial charge on any atom is 0.273 e. The molecule has 0 amide bonds. The minimum absolute atomic E-state index is 0.0324. The van der Waals surface area contributed by atoms with Gasteiger partial charge in [0.25, 0.3) is 5.69 Å². The first-order chi connectivity index (χ1) is 8.16. The van der Waals surface area contributed by atoms with Gasteiger partial charge in [0.15, 0.2) is 11.6 Å². The van der Waals surface area contributed by atoms with Crippen LogP contribution in [-0.4, -0.2) is 14.5 Å². The van der Waals surface area contributed by atoms with E-state index in [-0.39, 0.29) is 5.69 Å². The summed E-state index contributed by atoms with van der Waals surface area (Å²) in [5, 5.41) is 10.7. The summed E-state index contributed by atoms with van der Waals surface area (Å²) in [5.41, 5.74) is 1.82. The van der Waals surface area contributed by atoms with Crippen molar-refractivity contribution < 1.29 is 9.66 Å². The summed E-state index contributed by atoms with van der Waals surface area (Å²) < 4.78 is 7.41. The smallest absolute Gasteiger partial charge is 0.273 e. The Balaban J connectivity index is 2.20. The highest BCUT2D eigenvalue weighted by molar-refractivity contribution is 5.55. The van der Waals surface area contributed by atoms with Crippen molar-refractivity contribution >= 4 is 5.69 Å². The molecule has 2 aromatic rings. The van der Waals surface area contributed by atoms with Crippen molar-refractivity contribution in [1.82, 2.24) is 9.55 Å². The van der Waals surface area contributed by atoms with Crippen LogP contribution in [0.25, 0.3) is 5.69 Å². The lowest BCUT2D eigenvalue weighted by molar-refractivity contribution is -0.384. The van der Waals surface area contributed by atoms with Crippen molar-refractivity contribution in [2.24, 2.45) is 0 Å². The average Bonchev–Trinajstić information content (AvgIpc) is 2.70. The third-order valence-electron chi connectivity index (χ3n) is 2.76. The standard InChI is InChI=1S/C11H9N3O3/c1-7-5-12-11-6-17-10-4-8(14(15)16)2-3-9(10)13(7)11/h2-5H,6H2,1H3. The number of benzene rings is 1. The quantitative estimate of drug-likeness (QED) is 0.555. The third-order valence-corrected chi connectivity index (χ3v) is 2.76. The summed E-state index contributed by atoms with van der Waals surface area (Å²) in [7, 11) is 0. The molecule has 0 aliphatic carbocycles. The number of nitrogens with zero attached hydrogens (tertiary/aromatic N) is 3. The molecule has 0 fully saturated rings.